The van der Waals surface area contributed by atoms with Gasteiger partial charge < -0.3 is 23.9 Å². The van der Waals surface area contributed by atoms with Gasteiger partial charge in [0.2, 0.25) is 11.2 Å². The van der Waals surface area contributed by atoms with Gasteiger partial charge in [-0.1, -0.05) is 0 Å². The molecule has 0 saturated carbocycles. The molecule has 0 unspecified atom stereocenters. The molecule has 2 N–H and O–H groups in total. The Bertz CT molecular complexity index is 1110. The SMILES string of the molecule is CCOC(=O)c1ccc(Oc2coc3c(C[NH+]4CCCC4)c(O)ccc3c2=O)cc1. The lowest BCUT2D eigenvalue weighted by atomic mass is 10.1. The van der Waals surface area contributed by atoms with Crippen molar-refractivity contribution in [3.8, 4) is 17.2 Å². The summed E-state index contributed by atoms with van der Waals surface area (Å²) < 4.78 is 16.4. The molecule has 30 heavy (non-hydrogen) atoms. The van der Waals surface area contributed by atoms with Crippen LogP contribution in [0.5, 0.6) is 17.2 Å². The molecule has 1 fully saturated rings. The van der Waals surface area contributed by atoms with Crippen molar-refractivity contribution >= 4 is 16.9 Å². The lowest BCUT2D eigenvalue weighted by Crippen LogP contribution is -3.08. The van der Waals surface area contributed by atoms with Gasteiger partial charge in [0, 0.05) is 12.8 Å². The highest BCUT2D eigenvalue weighted by Gasteiger charge is 2.22. The Morgan fingerprint density at radius 1 is 1.13 bits per heavy atom. The lowest BCUT2D eigenvalue weighted by molar-refractivity contribution is -0.901. The van der Waals surface area contributed by atoms with Gasteiger partial charge in [0.25, 0.3) is 0 Å². The summed E-state index contributed by atoms with van der Waals surface area (Å²) in [7, 11) is 0. The number of esters is 1. The first-order chi connectivity index (χ1) is 14.6. The van der Waals surface area contributed by atoms with Gasteiger partial charge in [0.05, 0.1) is 36.2 Å². The van der Waals surface area contributed by atoms with Crippen LogP contribution in [-0.4, -0.2) is 30.8 Å². The molecule has 0 radical (unpaired) electrons. The Balaban J connectivity index is 1.61. The zero-order valence-electron chi connectivity index (χ0n) is 16.8. The number of hydrogen-bond donors (Lipinski definition) is 2. The van der Waals surface area contributed by atoms with E-state index in [0.717, 1.165) is 25.9 Å². The van der Waals surface area contributed by atoms with Crippen LogP contribution in [0.15, 0.2) is 51.9 Å². The zero-order valence-corrected chi connectivity index (χ0v) is 16.8. The fourth-order valence-corrected chi connectivity index (χ4v) is 3.77. The number of benzene rings is 2. The number of phenols is 1. The molecule has 7 nitrogen and oxygen atoms in total. The van der Waals surface area contributed by atoms with Crippen LogP contribution < -0.4 is 15.1 Å². The molecule has 4 rings (SSSR count). The minimum absolute atomic E-state index is 0.0385. The molecule has 156 valence electrons. The maximum Gasteiger partial charge on any atom is 0.338 e. The molecule has 0 aliphatic carbocycles. The summed E-state index contributed by atoms with van der Waals surface area (Å²) in [4.78, 5) is 26.1. The first-order valence-corrected chi connectivity index (χ1v) is 10.1. The summed E-state index contributed by atoms with van der Waals surface area (Å²) >= 11 is 0. The normalized spacial score (nSPS) is 14.2. The third-order valence-corrected chi connectivity index (χ3v) is 5.32. The predicted molar refractivity (Wildman–Crippen MR) is 110 cm³/mol. The van der Waals surface area contributed by atoms with E-state index in [4.69, 9.17) is 13.9 Å². The van der Waals surface area contributed by atoms with Crippen molar-refractivity contribution in [1.82, 2.24) is 0 Å². The van der Waals surface area contributed by atoms with E-state index in [1.807, 2.05) is 0 Å². The molecular formula is C23H24NO6+. The topological polar surface area (TPSA) is 90.4 Å². The highest BCUT2D eigenvalue weighted by molar-refractivity contribution is 5.89. The molecule has 2 aromatic carbocycles. The summed E-state index contributed by atoms with van der Waals surface area (Å²) in [6.45, 7) is 4.74. The average molecular weight is 410 g/mol. The highest BCUT2D eigenvalue weighted by atomic mass is 16.5. The molecular weight excluding hydrogens is 386 g/mol. The van der Waals surface area contributed by atoms with Crippen LogP contribution >= 0.6 is 0 Å². The number of likely N-dealkylation sites (tertiary alicyclic amines) is 1. The second kappa shape index (κ2) is 8.59. The number of carbonyl (C=O) groups is 1. The Labute approximate surface area is 173 Å². The van der Waals surface area contributed by atoms with Crippen molar-refractivity contribution in [3.63, 3.8) is 0 Å². The molecule has 0 bridgehead atoms. The minimum Gasteiger partial charge on any atom is -0.507 e. The van der Waals surface area contributed by atoms with Gasteiger partial charge in [-0.25, -0.2) is 4.79 Å². The Morgan fingerprint density at radius 2 is 1.87 bits per heavy atom. The van der Waals surface area contributed by atoms with E-state index in [1.165, 1.54) is 17.2 Å². The van der Waals surface area contributed by atoms with Crippen molar-refractivity contribution in [2.45, 2.75) is 26.3 Å². The molecule has 1 aromatic heterocycles. The van der Waals surface area contributed by atoms with Crippen LogP contribution in [0.4, 0.5) is 0 Å². The van der Waals surface area contributed by atoms with Gasteiger partial charge in [-0.2, -0.15) is 0 Å². The van der Waals surface area contributed by atoms with Crippen molar-refractivity contribution in [3.05, 3.63) is 64.0 Å². The third-order valence-electron chi connectivity index (χ3n) is 5.32. The molecule has 1 saturated heterocycles. The largest absolute Gasteiger partial charge is 0.507 e. The van der Waals surface area contributed by atoms with Crippen LogP contribution in [0.25, 0.3) is 11.0 Å². The lowest BCUT2D eigenvalue weighted by Gasteiger charge is -2.14. The van der Waals surface area contributed by atoms with E-state index >= 15 is 0 Å². The zero-order chi connectivity index (χ0) is 21.1. The van der Waals surface area contributed by atoms with E-state index in [9.17, 15) is 14.7 Å². The van der Waals surface area contributed by atoms with Crippen molar-refractivity contribution in [1.29, 1.82) is 0 Å². The van der Waals surface area contributed by atoms with Gasteiger partial charge in [-0.05, 0) is 43.3 Å². The molecule has 3 aromatic rings. The number of phenolic OH excluding ortho intramolecular Hbond substituents is 1. The average Bonchev–Trinajstić information content (AvgIpc) is 3.26. The number of nitrogens with one attached hydrogen (secondary N) is 1. The molecule has 0 spiro atoms. The first kappa shape index (κ1) is 20.0. The molecule has 2 heterocycles. The Hall–Kier alpha value is -3.32. The first-order valence-electron chi connectivity index (χ1n) is 10.1. The van der Waals surface area contributed by atoms with Crippen LogP contribution in [0, 0.1) is 0 Å². The summed E-state index contributed by atoms with van der Waals surface area (Å²) in [5.74, 6) is 0.154. The smallest absolute Gasteiger partial charge is 0.338 e. The summed E-state index contributed by atoms with van der Waals surface area (Å²) in [6, 6.07) is 9.41. The summed E-state index contributed by atoms with van der Waals surface area (Å²) in [5.41, 5.74) is 1.12. The van der Waals surface area contributed by atoms with E-state index in [0.29, 0.717) is 41.0 Å². The van der Waals surface area contributed by atoms with Gasteiger partial charge in [-0.15, -0.1) is 0 Å². The van der Waals surface area contributed by atoms with Crippen LogP contribution in [-0.2, 0) is 11.3 Å². The molecule has 1 aliphatic heterocycles. The van der Waals surface area contributed by atoms with Gasteiger partial charge in [0.15, 0.2) is 5.58 Å². The fourth-order valence-electron chi connectivity index (χ4n) is 3.77. The number of fused-ring (bicyclic) bond motifs is 1. The number of carbonyl (C=O) groups excluding carboxylic acids is 1. The number of aromatic hydroxyl groups is 1. The maximum absolute atomic E-state index is 12.9. The third kappa shape index (κ3) is 4.02. The van der Waals surface area contributed by atoms with E-state index in [2.05, 4.69) is 0 Å². The van der Waals surface area contributed by atoms with Gasteiger partial charge in [-0.3, -0.25) is 4.79 Å². The van der Waals surface area contributed by atoms with E-state index in [-0.39, 0.29) is 16.9 Å². The van der Waals surface area contributed by atoms with Crippen molar-refractivity contribution in [2.24, 2.45) is 0 Å². The predicted octanol–water partition coefficient (Wildman–Crippen LogP) is 2.65. The monoisotopic (exact) mass is 410 g/mol. The highest BCUT2D eigenvalue weighted by Crippen LogP contribution is 2.28. The van der Waals surface area contributed by atoms with Crippen LogP contribution in [0.2, 0.25) is 0 Å². The second-order valence-corrected chi connectivity index (χ2v) is 7.35. The molecule has 0 atom stereocenters. The molecule has 0 amide bonds. The van der Waals surface area contributed by atoms with Crippen LogP contribution in [0.1, 0.15) is 35.7 Å². The Morgan fingerprint density at radius 3 is 2.57 bits per heavy atom. The second-order valence-electron chi connectivity index (χ2n) is 7.35. The van der Waals surface area contributed by atoms with Crippen molar-refractivity contribution < 1.29 is 28.7 Å². The Kier molecular flexibility index (Phi) is 5.72. The number of hydrogen-bond acceptors (Lipinski definition) is 6. The van der Waals surface area contributed by atoms with Gasteiger partial charge in [0.1, 0.15) is 24.3 Å². The minimum atomic E-state index is -0.415. The van der Waals surface area contributed by atoms with Crippen molar-refractivity contribution in [2.75, 3.05) is 19.7 Å². The van der Waals surface area contributed by atoms with Crippen LogP contribution in [0.3, 0.4) is 0 Å². The standard InChI is InChI=1S/C23H23NO6/c1-2-28-23(27)15-5-7-16(8-6-15)30-20-14-29-22-17(21(20)26)9-10-19(25)18(22)13-24-11-3-4-12-24/h5-10,14,25H,2-4,11-13H2,1H3/p+1. The quantitative estimate of drug-likeness (QED) is 0.607. The molecule has 7 heteroatoms. The summed E-state index contributed by atoms with van der Waals surface area (Å²) in [6.07, 6.45) is 3.60. The maximum atomic E-state index is 12.9. The number of quaternary nitrogens is 1. The van der Waals surface area contributed by atoms with E-state index in [1.54, 1.807) is 37.3 Å². The fraction of sp³-hybridized carbons (Fsp3) is 0.304. The van der Waals surface area contributed by atoms with Gasteiger partial charge >= 0.3 is 5.97 Å². The number of ether oxygens (including phenoxy) is 2. The van der Waals surface area contributed by atoms with E-state index < -0.39 is 5.97 Å². The summed E-state index contributed by atoms with van der Waals surface area (Å²) in [5, 5.41) is 10.7. The number of rotatable bonds is 6. The molecule has 1 aliphatic rings.